The van der Waals surface area contributed by atoms with E-state index in [1.807, 2.05) is 18.2 Å². The lowest BCUT2D eigenvalue weighted by Gasteiger charge is -2.29. The van der Waals surface area contributed by atoms with Gasteiger partial charge in [0.25, 0.3) is 0 Å². The predicted molar refractivity (Wildman–Crippen MR) is 94.8 cm³/mol. The highest BCUT2D eigenvalue weighted by Crippen LogP contribution is 2.20. The number of nitrogens with zero attached hydrogens (tertiary/aromatic N) is 1. The molecule has 5 nitrogen and oxygen atoms in total. The lowest BCUT2D eigenvalue weighted by Crippen LogP contribution is -2.47. The fraction of sp³-hybridized carbons (Fsp3) is 0.632. The molecule has 1 unspecified atom stereocenters. The smallest absolute Gasteiger partial charge is 0.315 e. The number of benzene rings is 1. The standard InChI is InChI=1S/C19H29N3O2/c23-17-10-8-16(9-11-17)20-19(24)21-18(14-22-12-4-5-13-22)15-6-2-1-3-7-15/h1-3,6-7,16-18,23H,4-5,8-14H2,(H2,20,21,24). The molecule has 1 aliphatic heterocycles. The summed E-state index contributed by atoms with van der Waals surface area (Å²) >= 11 is 0. The van der Waals surface area contributed by atoms with Crippen LogP contribution >= 0.6 is 0 Å². The third kappa shape index (κ3) is 4.95. The van der Waals surface area contributed by atoms with Gasteiger partial charge in [-0.15, -0.1) is 0 Å². The number of carbonyl (C=O) groups is 1. The molecule has 1 aromatic carbocycles. The number of aliphatic hydroxyl groups is 1. The summed E-state index contributed by atoms with van der Waals surface area (Å²) < 4.78 is 0. The molecular formula is C19H29N3O2. The van der Waals surface area contributed by atoms with Gasteiger partial charge in [0, 0.05) is 12.6 Å². The number of nitrogens with one attached hydrogen (secondary N) is 2. The Bertz CT molecular complexity index is 509. The number of hydrogen-bond donors (Lipinski definition) is 3. The minimum Gasteiger partial charge on any atom is -0.393 e. The summed E-state index contributed by atoms with van der Waals surface area (Å²) in [5, 5.41) is 15.8. The number of hydrogen-bond acceptors (Lipinski definition) is 3. The second-order valence-corrected chi connectivity index (χ2v) is 7.09. The van der Waals surface area contributed by atoms with Crippen LogP contribution in [0.5, 0.6) is 0 Å². The fourth-order valence-electron chi connectivity index (χ4n) is 3.75. The Kier molecular flexibility index (Phi) is 6.10. The van der Waals surface area contributed by atoms with E-state index in [4.69, 9.17) is 0 Å². The summed E-state index contributed by atoms with van der Waals surface area (Å²) in [5.74, 6) is 0. The molecule has 0 spiro atoms. The predicted octanol–water partition coefficient (Wildman–Crippen LogP) is 2.43. The molecule has 2 fully saturated rings. The van der Waals surface area contributed by atoms with Crippen LogP contribution in [0, 0.1) is 0 Å². The Morgan fingerprint density at radius 2 is 1.79 bits per heavy atom. The van der Waals surface area contributed by atoms with Crippen molar-refractivity contribution in [3.05, 3.63) is 35.9 Å². The van der Waals surface area contributed by atoms with Gasteiger partial charge in [-0.05, 0) is 57.2 Å². The van der Waals surface area contributed by atoms with Crippen molar-refractivity contribution >= 4 is 6.03 Å². The zero-order valence-electron chi connectivity index (χ0n) is 14.3. The van der Waals surface area contributed by atoms with Crippen molar-refractivity contribution in [3.63, 3.8) is 0 Å². The lowest BCUT2D eigenvalue weighted by atomic mass is 9.93. The van der Waals surface area contributed by atoms with Crippen molar-refractivity contribution in [2.75, 3.05) is 19.6 Å². The van der Waals surface area contributed by atoms with Gasteiger partial charge < -0.3 is 20.6 Å². The first-order valence-electron chi connectivity index (χ1n) is 9.23. The van der Waals surface area contributed by atoms with Gasteiger partial charge in [-0.1, -0.05) is 30.3 Å². The minimum atomic E-state index is -0.196. The average molecular weight is 331 g/mol. The molecule has 24 heavy (non-hydrogen) atoms. The molecule has 0 bridgehead atoms. The van der Waals surface area contributed by atoms with Crippen LogP contribution in [0.4, 0.5) is 4.79 Å². The van der Waals surface area contributed by atoms with E-state index in [1.165, 1.54) is 12.8 Å². The second-order valence-electron chi connectivity index (χ2n) is 7.09. The molecule has 0 radical (unpaired) electrons. The highest BCUT2D eigenvalue weighted by atomic mass is 16.3. The van der Waals surface area contributed by atoms with E-state index < -0.39 is 0 Å². The summed E-state index contributed by atoms with van der Waals surface area (Å²) in [6.07, 6.45) is 5.57. The summed E-state index contributed by atoms with van der Waals surface area (Å²) in [4.78, 5) is 14.9. The van der Waals surface area contributed by atoms with Crippen molar-refractivity contribution in [2.45, 2.75) is 56.7 Å². The van der Waals surface area contributed by atoms with Gasteiger partial charge in [-0.2, -0.15) is 0 Å². The molecule has 1 saturated carbocycles. The molecule has 5 heteroatoms. The molecule has 1 heterocycles. The van der Waals surface area contributed by atoms with Crippen LogP contribution in [0.25, 0.3) is 0 Å². The molecule has 1 atom stereocenters. The van der Waals surface area contributed by atoms with Crippen molar-refractivity contribution in [1.82, 2.24) is 15.5 Å². The largest absolute Gasteiger partial charge is 0.393 e. The maximum absolute atomic E-state index is 12.4. The number of likely N-dealkylation sites (tertiary alicyclic amines) is 1. The van der Waals surface area contributed by atoms with Gasteiger partial charge in [0.05, 0.1) is 12.1 Å². The van der Waals surface area contributed by atoms with E-state index in [9.17, 15) is 9.90 Å². The molecular weight excluding hydrogens is 302 g/mol. The van der Waals surface area contributed by atoms with Crippen LogP contribution in [0.15, 0.2) is 30.3 Å². The summed E-state index contributed by atoms with van der Waals surface area (Å²) in [6.45, 7) is 3.10. The third-order valence-electron chi connectivity index (χ3n) is 5.18. The highest BCUT2D eigenvalue weighted by Gasteiger charge is 2.24. The highest BCUT2D eigenvalue weighted by molar-refractivity contribution is 5.74. The summed E-state index contributed by atoms with van der Waals surface area (Å²) in [7, 11) is 0. The van der Waals surface area contributed by atoms with E-state index in [-0.39, 0.29) is 24.2 Å². The topological polar surface area (TPSA) is 64.6 Å². The van der Waals surface area contributed by atoms with E-state index in [2.05, 4.69) is 27.7 Å². The molecule has 132 valence electrons. The van der Waals surface area contributed by atoms with Crippen LogP contribution in [0.1, 0.15) is 50.1 Å². The zero-order chi connectivity index (χ0) is 16.8. The molecule has 3 N–H and O–H groups in total. The van der Waals surface area contributed by atoms with Crippen LogP contribution in [0.2, 0.25) is 0 Å². The Morgan fingerprint density at radius 3 is 2.46 bits per heavy atom. The SMILES string of the molecule is O=C(NC1CCC(O)CC1)NC(CN1CCCC1)c1ccccc1. The van der Waals surface area contributed by atoms with E-state index >= 15 is 0 Å². The quantitative estimate of drug-likeness (QED) is 0.776. The normalized spacial score (nSPS) is 26.0. The molecule has 1 saturated heterocycles. The molecule has 2 aliphatic rings. The molecule has 1 aliphatic carbocycles. The number of rotatable bonds is 5. The van der Waals surface area contributed by atoms with Crippen LogP contribution in [-0.4, -0.2) is 47.8 Å². The Hall–Kier alpha value is -1.59. The Labute approximate surface area is 144 Å². The third-order valence-corrected chi connectivity index (χ3v) is 5.18. The van der Waals surface area contributed by atoms with Crippen molar-refractivity contribution < 1.29 is 9.90 Å². The summed E-state index contributed by atoms with van der Waals surface area (Å²) in [5.41, 5.74) is 1.15. The average Bonchev–Trinajstić information content (AvgIpc) is 3.10. The van der Waals surface area contributed by atoms with Crippen molar-refractivity contribution in [3.8, 4) is 0 Å². The zero-order valence-corrected chi connectivity index (χ0v) is 14.3. The number of urea groups is 1. The summed E-state index contributed by atoms with van der Waals surface area (Å²) in [6, 6.07) is 10.3. The van der Waals surface area contributed by atoms with Crippen LogP contribution < -0.4 is 10.6 Å². The Balaban J connectivity index is 1.57. The van der Waals surface area contributed by atoms with Gasteiger partial charge in [0.2, 0.25) is 0 Å². The first-order valence-corrected chi connectivity index (χ1v) is 9.23. The van der Waals surface area contributed by atoms with Gasteiger partial charge in [-0.3, -0.25) is 0 Å². The maximum Gasteiger partial charge on any atom is 0.315 e. The maximum atomic E-state index is 12.4. The van der Waals surface area contributed by atoms with Crippen LogP contribution in [-0.2, 0) is 0 Å². The van der Waals surface area contributed by atoms with Crippen molar-refractivity contribution in [2.24, 2.45) is 0 Å². The van der Waals surface area contributed by atoms with Gasteiger partial charge in [-0.25, -0.2) is 4.79 Å². The minimum absolute atomic E-state index is 0.0125. The van der Waals surface area contributed by atoms with Gasteiger partial charge in [0.1, 0.15) is 0 Å². The van der Waals surface area contributed by atoms with E-state index in [0.29, 0.717) is 0 Å². The van der Waals surface area contributed by atoms with Gasteiger partial charge in [0.15, 0.2) is 0 Å². The van der Waals surface area contributed by atoms with E-state index in [1.54, 1.807) is 0 Å². The fourth-order valence-corrected chi connectivity index (χ4v) is 3.75. The van der Waals surface area contributed by atoms with Gasteiger partial charge >= 0.3 is 6.03 Å². The molecule has 0 aromatic heterocycles. The lowest BCUT2D eigenvalue weighted by molar-refractivity contribution is 0.117. The van der Waals surface area contributed by atoms with E-state index in [0.717, 1.165) is 50.9 Å². The van der Waals surface area contributed by atoms with Crippen LogP contribution in [0.3, 0.4) is 0 Å². The second kappa shape index (κ2) is 8.49. The molecule has 2 amide bonds. The Morgan fingerprint density at radius 1 is 1.12 bits per heavy atom. The molecule has 3 rings (SSSR count). The molecule has 1 aromatic rings. The monoisotopic (exact) mass is 331 g/mol. The number of aliphatic hydroxyl groups excluding tert-OH is 1. The number of carbonyl (C=O) groups excluding carboxylic acids is 1. The van der Waals surface area contributed by atoms with Crippen molar-refractivity contribution in [1.29, 1.82) is 0 Å². The number of amides is 2. The first kappa shape index (κ1) is 17.2. The first-order chi connectivity index (χ1) is 11.7.